The average molecular weight is 612 g/mol. The Morgan fingerprint density at radius 2 is 1.77 bits per heavy atom. The molecular weight excluding hydrogens is 565 g/mol. The molecule has 11 heteroatoms. The molecule has 240 valence electrons. The summed E-state index contributed by atoms with van der Waals surface area (Å²) in [5.74, 6) is -1.76. The fourth-order valence-corrected chi connectivity index (χ4v) is 5.32. The van der Waals surface area contributed by atoms with Gasteiger partial charge >= 0.3 is 0 Å². The number of amides is 4. The first-order chi connectivity index (χ1) is 20.7. The van der Waals surface area contributed by atoms with Crippen molar-refractivity contribution in [1.82, 2.24) is 20.4 Å². The summed E-state index contributed by atoms with van der Waals surface area (Å²) in [6.07, 6.45) is 1.85. The number of hydrogen-bond acceptors (Lipinski definition) is 6. The van der Waals surface area contributed by atoms with Crippen LogP contribution in [0.5, 0.6) is 5.75 Å². The summed E-state index contributed by atoms with van der Waals surface area (Å²) in [5.41, 5.74) is 8.02. The third-order valence-electron chi connectivity index (χ3n) is 8.00. The average Bonchev–Trinajstić information content (AvgIpc) is 2.97. The SMILES string of the molecule is CN1CCC(=O)NCCCC[C@H](N(C)C(=O)[C@@H](N)Cc2ccc(F)cc2)C(=O)N[C@@H](Cc2ccc(O)c(C(C)(C)C)c2)C1=O. The van der Waals surface area contributed by atoms with Crippen LogP contribution in [-0.2, 0) is 37.4 Å². The van der Waals surface area contributed by atoms with Crippen molar-refractivity contribution in [3.05, 3.63) is 65.0 Å². The largest absolute Gasteiger partial charge is 0.508 e. The van der Waals surface area contributed by atoms with E-state index in [1.165, 1.54) is 29.0 Å². The predicted octanol–water partition coefficient (Wildman–Crippen LogP) is 2.40. The van der Waals surface area contributed by atoms with Crippen molar-refractivity contribution >= 4 is 23.6 Å². The summed E-state index contributed by atoms with van der Waals surface area (Å²) in [4.78, 5) is 56.1. The third-order valence-corrected chi connectivity index (χ3v) is 8.00. The molecule has 1 heterocycles. The number of rotatable bonds is 6. The lowest BCUT2D eigenvalue weighted by Gasteiger charge is -2.32. The number of nitrogens with zero attached hydrogens (tertiary/aromatic N) is 2. The second-order valence-electron chi connectivity index (χ2n) is 12.6. The topological polar surface area (TPSA) is 145 Å². The van der Waals surface area contributed by atoms with Gasteiger partial charge in [0.1, 0.15) is 23.7 Å². The molecule has 3 atom stereocenters. The van der Waals surface area contributed by atoms with Crippen molar-refractivity contribution < 1.29 is 28.7 Å². The molecule has 1 aliphatic rings. The first-order valence-corrected chi connectivity index (χ1v) is 15.1. The lowest BCUT2D eigenvalue weighted by Crippen LogP contribution is -2.57. The van der Waals surface area contributed by atoms with Gasteiger partial charge in [0, 0.05) is 40.0 Å². The Morgan fingerprint density at radius 3 is 2.43 bits per heavy atom. The summed E-state index contributed by atoms with van der Waals surface area (Å²) >= 11 is 0. The number of phenolic OH excluding ortho intramolecular Hbond substituents is 1. The van der Waals surface area contributed by atoms with Gasteiger partial charge in [-0.25, -0.2) is 4.39 Å². The van der Waals surface area contributed by atoms with Crippen molar-refractivity contribution in [2.45, 2.75) is 82.8 Å². The fourth-order valence-electron chi connectivity index (χ4n) is 5.32. The Kier molecular flexibility index (Phi) is 11.9. The number of aromatic hydroxyl groups is 1. The van der Waals surface area contributed by atoms with Gasteiger partial charge in [0.15, 0.2) is 0 Å². The Hall–Kier alpha value is -3.99. The Labute approximate surface area is 259 Å². The Balaban J connectivity index is 1.89. The van der Waals surface area contributed by atoms with Gasteiger partial charge in [-0.05, 0) is 66.0 Å². The number of nitrogens with one attached hydrogen (secondary N) is 2. The van der Waals surface area contributed by atoms with E-state index in [1.807, 2.05) is 26.8 Å². The molecule has 2 aromatic carbocycles. The summed E-state index contributed by atoms with van der Waals surface area (Å²) in [6.45, 7) is 6.48. The highest BCUT2D eigenvalue weighted by Gasteiger charge is 2.33. The number of halogens is 1. The normalized spacial score (nSPS) is 19.9. The van der Waals surface area contributed by atoms with Crippen LogP contribution >= 0.6 is 0 Å². The molecule has 0 unspecified atom stereocenters. The van der Waals surface area contributed by atoms with E-state index in [-0.39, 0.29) is 55.2 Å². The van der Waals surface area contributed by atoms with Crippen LogP contribution in [0, 0.1) is 5.82 Å². The maximum atomic E-state index is 13.9. The zero-order valence-corrected chi connectivity index (χ0v) is 26.4. The Morgan fingerprint density at radius 1 is 1.11 bits per heavy atom. The van der Waals surface area contributed by atoms with Crippen LogP contribution in [0.1, 0.15) is 63.1 Å². The van der Waals surface area contributed by atoms with Crippen LogP contribution < -0.4 is 16.4 Å². The molecule has 0 saturated carbocycles. The molecule has 5 N–H and O–H groups in total. The molecular formula is C33H46FN5O5. The molecule has 0 aliphatic carbocycles. The molecule has 1 saturated heterocycles. The van der Waals surface area contributed by atoms with Crippen molar-refractivity contribution in [3.8, 4) is 5.75 Å². The monoisotopic (exact) mass is 611 g/mol. The molecule has 0 radical (unpaired) electrons. The Bertz CT molecular complexity index is 1330. The fraction of sp³-hybridized carbons (Fsp3) is 0.515. The number of benzene rings is 2. The zero-order valence-electron chi connectivity index (χ0n) is 26.4. The first-order valence-electron chi connectivity index (χ1n) is 15.1. The minimum absolute atomic E-state index is 0.127. The highest BCUT2D eigenvalue weighted by Crippen LogP contribution is 2.31. The quantitative estimate of drug-likeness (QED) is 0.395. The van der Waals surface area contributed by atoms with E-state index in [1.54, 1.807) is 31.3 Å². The number of hydrogen-bond donors (Lipinski definition) is 4. The minimum atomic E-state index is -0.991. The number of carbonyl (C=O) groups is 4. The van der Waals surface area contributed by atoms with Crippen LogP contribution in [-0.4, -0.2) is 83.8 Å². The molecule has 4 amide bonds. The second-order valence-corrected chi connectivity index (χ2v) is 12.6. The van der Waals surface area contributed by atoms with Gasteiger partial charge < -0.3 is 31.3 Å². The summed E-state index contributed by atoms with van der Waals surface area (Å²) in [7, 11) is 3.10. The van der Waals surface area contributed by atoms with E-state index in [0.29, 0.717) is 30.5 Å². The lowest BCUT2D eigenvalue weighted by molar-refractivity contribution is -0.142. The van der Waals surface area contributed by atoms with E-state index in [9.17, 15) is 28.7 Å². The van der Waals surface area contributed by atoms with Crippen LogP contribution in [0.15, 0.2) is 42.5 Å². The molecule has 10 nitrogen and oxygen atoms in total. The van der Waals surface area contributed by atoms with Crippen molar-refractivity contribution in [2.24, 2.45) is 5.73 Å². The summed E-state index contributed by atoms with van der Waals surface area (Å²) < 4.78 is 13.4. The molecule has 1 fully saturated rings. The molecule has 44 heavy (non-hydrogen) atoms. The predicted molar refractivity (Wildman–Crippen MR) is 166 cm³/mol. The maximum Gasteiger partial charge on any atom is 0.245 e. The number of phenols is 1. The van der Waals surface area contributed by atoms with Crippen LogP contribution in [0.4, 0.5) is 4.39 Å². The van der Waals surface area contributed by atoms with Crippen LogP contribution in [0.2, 0.25) is 0 Å². The van der Waals surface area contributed by atoms with E-state index >= 15 is 0 Å². The van der Waals surface area contributed by atoms with Crippen molar-refractivity contribution in [2.75, 3.05) is 27.2 Å². The molecule has 0 aromatic heterocycles. The van der Waals surface area contributed by atoms with Gasteiger partial charge in [-0.1, -0.05) is 45.0 Å². The van der Waals surface area contributed by atoms with Crippen molar-refractivity contribution in [3.63, 3.8) is 0 Å². The molecule has 0 spiro atoms. The standard InChI is InChI=1S/C33H46FN5O5/c1-33(2,3)24-18-22(11-14-28(24)40)20-26-32(44)38(4)17-15-29(41)36-16-7-6-8-27(30(42)37-26)39(5)31(43)25(35)19-21-9-12-23(34)13-10-21/h9-14,18,25-27,40H,6-8,15-17,19-20,35H2,1-5H3,(H,36,41)(H,37,42)/t25-,26-,27-/m0/s1. The summed E-state index contributed by atoms with van der Waals surface area (Å²) in [6, 6.07) is 7.96. The minimum Gasteiger partial charge on any atom is -0.508 e. The highest BCUT2D eigenvalue weighted by atomic mass is 19.1. The van der Waals surface area contributed by atoms with E-state index in [2.05, 4.69) is 10.6 Å². The zero-order chi connectivity index (χ0) is 32.6. The van der Waals surface area contributed by atoms with Gasteiger partial charge in [-0.2, -0.15) is 0 Å². The number of nitrogens with two attached hydrogens (primary N) is 1. The molecule has 3 rings (SSSR count). The van der Waals surface area contributed by atoms with Gasteiger partial charge in [0.25, 0.3) is 0 Å². The van der Waals surface area contributed by atoms with Crippen LogP contribution in [0.3, 0.4) is 0 Å². The molecule has 0 bridgehead atoms. The van der Waals surface area contributed by atoms with Gasteiger partial charge in [-0.3, -0.25) is 19.2 Å². The van der Waals surface area contributed by atoms with Gasteiger partial charge in [0.2, 0.25) is 23.6 Å². The van der Waals surface area contributed by atoms with Crippen LogP contribution in [0.25, 0.3) is 0 Å². The molecule has 2 aromatic rings. The summed E-state index contributed by atoms with van der Waals surface area (Å²) in [5, 5.41) is 16.2. The molecule has 1 aliphatic heterocycles. The highest BCUT2D eigenvalue weighted by molar-refractivity contribution is 5.93. The number of likely N-dealkylation sites (N-methyl/N-ethyl adjacent to an activating group) is 2. The first kappa shape index (κ1) is 34.5. The third kappa shape index (κ3) is 9.51. The smallest absolute Gasteiger partial charge is 0.245 e. The lowest BCUT2D eigenvalue weighted by atomic mass is 9.84. The van der Waals surface area contributed by atoms with Gasteiger partial charge in [0.05, 0.1) is 6.04 Å². The van der Waals surface area contributed by atoms with E-state index < -0.39 is 35.8 Å². The van der Waals surface area contributed by atoms with Gasteiger partial charge in [-0.15, -0.1) is 0 Å². The second kappa shape index (κ2) is 15.1. The van der Waals surface area contributed by atoms with E-state index in [0.717, 1.165) is 5.56 Å². The van der Waals surface area contributed by atoms with E-state index in [4.69, 9.17) is 5.73 Å². The maximum absolute atomic E-state index is 13.9. The number of carbonyl (C=O) groups excluding carboxylic acids is 4. The van der Waals surface area contributed by atoms with Crippen molar-refractivity contribution in [1.29, 1.82) is 0 Å².